The lowest BCUT2D eigenvalue weighted by atomic mass is 10.1. The third kappa shape index (κ3) is 3.92. The van der Waals surface area contributed by atoms with Crippen molar-refractivity contribution in [2.45, 2.75) is 19.1 Å². The molecule has 1 saturated heterocycles. The Hall–Kier alpha value is -3.10. The molecule has 0 aliphatic carbocycles. The number of piperazine rings is 1. The van der Waals surface area contributed by atoms with E-state index in [0.29, 0.717) is 25.7 Å². The summed E-state index contributed by atoms with van der Waals surface area (Å²) in [6, 6.07) is 12.0. The molecule has 0 N–H and O–H groups in total. The molecule has 1 aliphatic heterocycles. The number of alkyl halides is 3. The number of rotatable bonds is 3. The van der Waals surface area contributed by atoms with Gasteiger partial charge in [-0.25, -0.2) is 0 Å². The van der Waals surface area contributed by atoms with E-state index < -0.39 is 28.3 Å². The molecule has 1 aliphatic rings. The summed E-state index contributed by atoms with van der Waals surface area (Å²) in [7, 11) is 0. The lowest BCUT2D eigenvalue weighted by Crippen LogP contribution is -2.53. The van der Waals surface area contributed by atoms with Gasteiger partial charge in [-0.3, -0.25) is 14.9 Å². The zero-order chi connectivity index (χ0) is 20.5. The molecule has 28 heavy (non-hydrogen) atoms. The van der Waals surface area contributed by atoms with Crippen molar-refractivity contribution < 1.29 is 22.9 Å². The lowest BCUT2D eigenvalue weighted by molar-refractivity contribution is -0.388. The van der Waals surface area contributed by atoms with Crippen LogP contribution in [0.2, 0.25) is 0 Å². The number of nitro benzene ring substituents is 1. The Bertz CT molecular complexity index is 887. The van der Waals surface area contributed by atoms with Gasteiger partial charge in [-0.15, -0.1) is 0 Å². The van der Waals surface area contributed by atoms with Gasteiger partial charge in [0.2, 0.25) is 0 Å². The molecule has 1 amide bonds. The summed E-state index contributed by atoms with van der Waals surface area (Å²) >= 11 is 0. The fraction of sp³-hybridized carbons (Fsp3) is 0.316. The smallest absolute Gasteiger partial charge is 0.365 e. The van der Waals surface area contributed by atoms with E-state index in [1.165, 1.54) is 4.90 Å². The van der Waals surface area contributed by atoms with Crippen molar-refractivity contribution in [3.63, 3.8) is 0 Å². The number of halogens is 3. The highest BCUT2D eigenvalue weighted by Gasteiger charge is 2.39. The van der Waals surface area contributed by atoms with E-state index in [1.54, 1.807) is 0 Å². The summed E-state index contributed by atoms with van der Waals surface area (Å²) < 4.78 is 39.5. The van der Waals surface area contributed by atoms with E-state index in [4.69, 9.17) is 0 Å². The molecule has 0 bridgehead atoms. The number of nitrogens with zero attached hydrogens (tertiary/aromatic N) is 3. The maximum absolute atomic E-state index is 13.2. The molecule has 2 aromatic carbocycles. The minimum Gasteiger partial charge on any atom is -0.365 e. The van der Waals surface area contributed by atoms with Crippen molar-refractivity contribution in [2.75, 3.05) is 24.5 Å². The molecule has 148 valence electrons. The zero-order valence-corrected chi connectivity index (χ0v) is 15.0. The molecule has 3 rings (SSSR count). The molecule has 6 nitrogen and oxygen atoms in total. The number of amides is 1. The first-order valence-electron chi connectivity index (χ1n) is 8.65. The largest absolute Gasteiger partial charge is 0.423 e. The van der Waals surface area contributed by atoms with Crippen molar-refractivity contribution in [3.8, 4) is 0 Å². The van der Waals surface area contributed by atoms with Crippen molar-refractivity contribution in [2.24, 2.45) is 0 Å². The molecule has 1 heterocycles. The second-order valence-electron chi connectivity index (χ2n) is 6.62. The average molecular weight is 393 g/mol. The topological polar surface area (TPSA) is 66.7 Å². The van der Waals surface area contributed by atoms with Gasteiger partial charge >= 0.3 is 6.18 Å². The second kappa shape index (κ2) is 7.49. The maximum Gasteiger partial charge on any atom is 0.423 e. The Kier molecular flexibility index (Phi) is 5.26. The van der Waals surface area contributed by atoms with Gasteiger partial charge in [0.15, 0.2) is 0 Å². The number of nitro groups is 1. The molecule has 9 heteroatoms. The van der Waals surface area contributed by atoms with Gasteiger partial charge in [0, 0.05) is 43.0 Å². The molecular formula is C19H18F3N3O3. The van der Waals surface area contributed by atoms with Gasteiger partial charge in [0.25, 0.3) is 11.6 Å². The van der Waals surface area contributed by atoms with Crippen LogP contribution >= 0.6 is 0 Å². The fourth-order valence-electron chi connectivity index (χ4n) is 3.38. The number of hydrogen-bond acceptors (Lipinski definition) is 4. The SMILES string of the molecule is CC1CN(C(=O)c2ccc([N+](=O)[O-])c(C(F)(F)F)c2)CCN1c1ccccc1. The first-order valence-corrected chi connectivity index (χ1v) is 8.65. The van der Waals surface area contributed by atoms with Gasteiger partial charge in [-0.05, 0) is 31.2 Å². The van der Waals surface area contributed by atoms with E-state index in [1.807, 2.05) is 37.3 Å². The second-order valence-corrected chi connectivity index (χ2v) is 6.62. The summed E-state index contributed by atoms with van der Waals surface area (Å²) in [5.74, 6) is -0.569. The van der Waals surface area contributed by atoms with Crippen molar-refractivity contribution in [1.29, 1.82) is 0 Å². The molecular weight excluding hydrogens is 375 g/mol. The summed E-state index contributed by atoms with van der Waals surface area (Å²) in [4.78, 5) is 26.1. The summed E-state index contributed by atoms with van der Waals surface area (Å²) in [6.07, 6.45) is -4.92. The van der Waals surface area contributed by atoms with Gasteiger partial charge in [-0.1, -0.05) is 18.2 Å². The highest BCUT2D eigenvalue weighted by atomic mass is 19.4. The molecule has 0 aromatic heterocycles. The quantitative estimate of drug-likeness (QED) is 0.585. The average Bonchev–Trinajstić information content (AvgIpc) is 2.66. The summed E-state index contributed by atoms with van der Waals surface area (Å²) in [6.45, 7) is 3.15. The highest BCUT2D eigenvalue weighted by Crippen LogP contribution is 2.36. The van der Waals surface area contributed by atoms with Crippen LogP contribution in [-0.4, -0.2) is 41.4 Å². The van der Waals surface area contributed by atoms with E-state index in [-0.39, 0.29) is 11.6 Å². The van der Waals surface area contributed by atoms with Gasteiger partial charge < -0.3 is 9.80 Å². The number of hydrogen-bond donors (Lipinski definition) is 0. The number of para-hydroxylation sites is 1. The fourth-order valence-corrected chi connectivity index (χ4v) is 3.38. The Morgan fingerprint density at radius 1 is 1.14 bits per heavy atom. The van der Waals surface area contributed by atoms with E-state index in [9.17, 15) is 28.1 Å². The summed E-state index contributed by atoms with van der Waals surface area (Å²) in [5, 5.41) is 10.9. The van der Waals surface area contributed by atoms with Crippen LogP contribution in [0.25, 0.3) is 0 Å². The Morgan fingerprint density at radius 2 is 1.82 bits per heavy atom. The first kappa shape index (κ1) is 19.7. The molecule has 1 unspecified atom stereocenters. The number of carbonyl (C=O) groups excluding carboxylic acids is 1. The Balaban J connectivity index is 1.81. The minimum absolute atomic E-state index is 0.0276. The molecule has 0 saturated carbocycles. The number of carbonyl (C=O) groups is 1. The van der Waals surface area contributed by atoms with E-state index in [2.05, 4.69) is 4.90 Å². The van der Waals surface area contributed by atoms with Crippen molar-refractivity contribution in [1.82, 2.24) is 4.90 Å². The van der Waals surface area contributed by atoms with Crippen molar-refractivity contribution >= 4 is 17.3 Å². The molecule has 0 spiro atoms. The minimum atomic E-state index is -4.92. The third-order valence-electron chi connectivity index (χ3n) is 4.75. The first-order chi connectivity index (χ1) is 13.2. The number of anilines is 1. The van der Waals surface area contributed by atoms with Gasteiger partial charge in [0.05, 0.1) is 4.92 Å². The number of benzene rings is 2. The van der Waals surface area contributed by atoms with Crippen LogP contribution < -0.4 is 4.90 Å². The van der Waals surface area contributed by atoms with E-state index in [0.717, 1.165) is 17.8 Å². The van der Waals surface area contributed by atoms with E-state index >= 15 is 0 Å². The van der Waals surface area contributed by atoms with Crippen LogP contribution in [0, 0.1) is 10.1 Å². The zero-order valence-electron chi connectivity index (χ0n) is 15.0. The van der Waals surface area contributed by atoms with Crippen LogP contribution in [0.15, 0.2) is 48.5 Å². The Morgan fingerprint density at radius 3 is 2.39 bits per heavy atom. The van der Waals surface area contributed by atoms with Gasteiger partial charge in [-0.2, -0.15) is 13.2 Å². The molecule has 1 fully saturated rings. The predicted molar refractivity (Wildman–Crippen MR) is 97.3 cm³/mol. The van der Waals surface area contributed by atoms with Crippen molar-refractivity contribution in [3.05, 3.63) is 69.8 Å². The molecule has 2 aromatic rings. The lowest BCUT2D eigenvalue weighted by Gasteiger charge is -2.41. The molecule has 1 atom stereocenters. The Labute approximate surface area is 159 Å². The molecule has 0 radical (unpaired) electrons. The van der Waals surface area contributed by atoms with Crippen LogP contribution in [0.5, 0.6) is 0 Å². The maximum atomic E-state index is 13.2. The summed E-state index contributed by atoms with van der Waals surface area (Å²) in [5.41, 5.74) is -1.68. The van der Waals surface area contributed by atoms with Crippen LogP contribution in [0.1, 0.15) is 22.8 Å². The van der Waals surface area contributed by atoms with Crippen LogP contribution in [0.4, 0.5) is 24.5 Å². The van der Waals surface area contributed by atoms with Crippen LogP contribution in [0.3, 0.4) is 0 Å². The van der Waals surface area contributed by atoms with Gasteiger partial charge in [0.1, 0.15) is 5.56 Å². The normalized spacial score (nSPS) is 17.5. The highest BCUT2D eigenvalue weighted by molar-refractivity contribution is 5.95. The monoisotopic (exact) mass is 393 g/mol. The standard InChI is InChI=1S/C19H18F3N3O3/c1-13-12-23(9-10-24(13)15-5-3-2-4-6-15)18(26)14-7-8-17(25(27)28)16(11-14)19(20,21)22/h2-8,11,13H,9-10,12H2,1H3. The third-order valence-corrected chi connectivity index (χ3v) is 4.75. The van der Waals surface area contributed by atoms with Crippen LogP contribution in [-0.2, 0) is 6.18 Å². The predicted octanol–water partition coefficient (Wildman–Crippen LogP) is 3.96.